The van der Waals surface area contributed by atoms with Crippen LogP contribution in [-0.2, 0) is 4.79 Å². The summed E-state index contributed by atoms with van der Waals surface area (Å²) < 4.78 is 0. The highest BCUT2D eigenvalue weighted by molar-refractivity contribution is 6.30. The first-order valence-electron chi connectivity index (χ1n) is 8.70. The van der Waals surface area contributed by atoms with E-state index in [-0.39, 0.29) is 29.8 Å². The molecule has 1 amide bonds. The Morgan fingerprint density at radius 2 is 1.50 bits per heavy atom. The van der Waals surface area contributed by atoms with Gasteiger partial charge in [0.25, 0.3) is 5.91 Å². The molecule has 0 radical (unpaired) electrons. The maximum absolute atomic E-state index is 12.4. The summed E-state index contributed by atoms with van der Waals surface area (Å²) in [7, 11) is 0. The lowest BCUT2D eigenvalue weighted by molar-refractivity contribution is -0.123. The van der Waals surface area contributed by atoms with Gasteiger partial charge in [0.15, 0.2) is 5.78 Å². The van der Waals surface area contributed by atoms with Gasteiger partial charge in [-0.25, -0.2) is 0 Å². The molecule has 1 fully saturated rings. The van der Waals surface area contributed by atoms with Crippen LogP contribution in [0.4, 0.5) is 0 Å². The molecule has 0 bridgehead atoms. The molecule has 2 aromatic carbocycles. The molecule has 0 N–H and O–H groups in total. The third kappa shape index (κ3) is 4.38. The topological polar surface area (TPSA) is 54.5 Å². The summed E-state index contributed by atoms with van der Waals surface area (Å²) >= 11 is 5.82. The maximum atomic E-state index is 12.4. The summed E-state index contributed by atoms with van der Waals surface area (Å²) in [4.78, 5) is 38.9. The number of hydrogen-bond acceptors (Lipinski definition) is 3. The molecular weight excluding hydrogens is 350 g/mol. The van der Waals surface area contributed by atoms with Crippen molar-refractivity contribution in [1.82, 2.24) is 4.90 Å². The molecule has 1 aliphatic rings. The van der Waals surface area contributed by atoms with Crippen LogP contribution >= 0.6 is 11.6 Å². The van der Waals surface area contributed by atoms with E-state index in [1.165, 1.54) is 0 Å². The average molecular weight is 370 g/mol. The van der Waals surface area contributed by atoms with Gasteiger partial charge in [-0.1, -0.05) is 29.8 Å². The third-order valence-electron chi connectivity index (χ3n) is 4.76. The standard InChI is InChI=1S/C21H20ClNO3/c22-18-8-6-15(7-9-18)19(24)14-20(25)16-10-12-23(13-11-16)21(26)17-4-2-1-3-5-17/h1-9,16H,10-14H2. The van der Waals surface area contributed by atoms with Crippen LogP contribution in [-0.4, -0.2) is 35.5 Å². The Morgan fingerprint density at radius 3 is 2.12 bits per heavy atom. The molecule has 0 spiro atoms. The fraction of sp³-hybridized carbons (Fsp3) is 0.286. The van der Waals surface area contributed by atoms with E-state index in [2.05, 4.69) is 0 Å². The maximum Gasteiger partial charge on any atom is 0.253 e. The van der Waals surface area contributed by atoms with Crippen molar-refractivity contribution in [2.45, 2.75) is 19.3 Å². The molecule has 26 heavy (non-hydrogen) atoms. The van der Waals surface area contributed by atoms with Gasteiger partial charge in [-0.2, -0.15) is 0 Å². The lowest BCUT2D eigenvalue weighted by Crippen LogP contribution is -2.40. The van der Waals surface area contributed by atoms with E-state index >= 15 is 0 Å². The van der Waals surface area contributed by atoms with Gasteiger partial charge >= 0.3 is 0 Å². The van der Waals surface area contributed by atoms with Crippen molar-refractivity contribution in [2.75, 3.05) is 13.1 Å². The van der Waals surface area contributed by atoms with Gasteiger partial charge < -0.3 is 4.90 Å². The number of carbonyl (C=O) groups excluding carboxylic acids is 3. The summed E-state index contributed by atoms with van der Waals surface area (Å²) in [6, 6.07) is 15.7. The molecule has 4 nitrogen and oxygen atoms in total. The molecule has 2 aromatic rings. The molecule has 5 heteroatoms. The molecular formula is C21H20ClNO3. The number of carbonyl (C=O) groups is 3. The van der Waals surface area contributed by atoms with E-state index in [0.29, 0.717) is 42.1 Å². The zero-order chi connectivity index (χ0) is 18.5. The fourth-order valence-corrected chi connectivity index (χ4v) is 3.33. The molecule has 0 saturated carbocycles. The lowest BCUT2D eigenvalue weighted by atomic mass is 9.89. The summed E-state index contributed by atoms with van der Waals surface area (Å²) in [5.41, 5.74) is 1.16. The second-order valence-corrected chi connectivity index (χ2v) is 6.94. The predicted molar refractivity (Wildman–Crippen MR) is 100 cm³/mol. The Morgan fingerprint density at radius 1 is 0.885 bits per heavy atom. The zero-order valence-electron chi connectivity index (χ0n) is 14.4. The Hall–Kier alpha value is -2.46. The molecule has 134 valence electrons. The highest BCUT2D eigenvalue weighted by Crippen LogP contribution is 2.22. The Balaban J connectivity index is 1.53. The first-order valence-corrected chi connectivity index (χ1v) is 9.08. The van der Waals surface area contributed by atoms with Crippen molar-refractivity contribution in [2.24, 2.45) is 5.92 Å². The van der Waals surface area contributed by atoms with Crippen LogP contribution in [0.5, 0.6) is 0 Å². The van der Waals surface area contributed by atoms with E-state index < -0.39 is 0 Å². The monoisotopic (exact) mass is 369 g/mol. The minimum Gasteiger partial charge on any atom is -0.339 e. The highest BCUT2D eigenvalue weighted by atomic mass is 35.5. The van der Waals surface area contributed by atoms with Crippen molar-refractivity contribution >= 4 is 29.1 Å². The van der Waals surface area contributed by atoms with Crippen LogP contribution in [0.1, 0.15) is 40.0 Å². The molecule has 3 rings (SSSR count). The van der Waals surface area contributed by atoms with Gasteiger partial charge in [0.2, 0.25) is 0 Å². The molecule has 0 atom stereocenters. The molecule has 0 unspecified atom stereocenters. The number of piperidine rings is 1. The SMILES string of the molecule is O=C(CC(=O)C1CCN(C(=O)c2ccccc2)CC1)c1ccc(Cl)cc1. The number of amides is 1. The second-order valence-electron chi connectivity index (χ2n) is 6.51. The Bertz CT molecular complexity index is 794. The molecule has 1 heterocycles. The molecule has 1 saturated heterocycles. The number of benzene rings is 2. The summed E-state index contributed by atoms with van der Waals surface area (Å²) in [5, 5.41) is 0.559. The Kier molecular flexibility index (Phi) is 5.84. The van der Waals surface area contributed by atoms with E-state index in [0.717, 1.165) is 0 Å². The first-order chi connectivity index (χ1) is 12.5. The number of halogens is 1. The average Bonchev–Trinajstić information content (AvgIpc) is 2.68. The molecule has 0 aliphatic carbocycles. The number of nitrogens with zero attached hydrogens (tertiary/aromatic N) is 1. The third-order valence-corrected chi connectivity index (χ3v) is 5.01. The van der Waals surface area contributed by atoms with Gasteiger partial charge in [-0.3, -0.25) is 14.4 Å². The summed E-state index contributed by atoms with van der Waals surface area (Å²) in [6.07, 6.45) is 1.11. The van der Waals surface area contributed by atoms with E-state index in [1.54, 1.807) is 41.3 Å². The second kappa shape index (κ2) is 8.28. The first kappa shape index (κ1) is 18.3. The predicted octanol–water partition coefficient (Wildman–Crippen LogP) is 4.03. The highest BCUT2D eigenvalue weighted by Gasteiger charge is 2.28. The number of Topliss-reactive ketones (excluding diaryl/α,β-unsaturated/α-hetero) is 2. The van der Waals surface area contributed by atoms with Crippen LogP contribution in [0, 0.1) is 5.92 Å². The van der Waals surface area contributed by atoms with Crippen LogP contribution in [0.15, 0.2) is 54.6 Å². The van der Waals surface area contributed by atoms with Crippen LogP contribution in [0.25, 0.3) is 0 Å². The van der Waals surface area contributed by atoms with Crippen molar-refractivity contribution in [3.05, 3.63) is 70.7 Å². The van der Waals surface area contributed by atoms with Gasteiger partial charge in [0.05, 0.1) is 6.42 Å². The van der Waals surface area contributed by atoms with E-state index in [4.69, 9.17) is 11.6 Å². The largest absolute Gasteiger partial charge is 0.339 e. The van der Waals surface area contributed by atoms with Crippen LogP contribution in [0.3, 0.4) is 0 Å². The Labute approximate surface area is 157 Å². The minimum atomic E-state index is -0.186. The molecule has 1 aliphatic heterocycles. The summed E-state index contributed by atoms with van der Waals surface area (Å²) in [5.74, 6) is -0.397. The van der Waals surface area contributed by atoms with Gasteiger partial charge in [0, 0.05) is 35.2 Å². The number of ketones is 2. The number of hydrogen-bond donors (Lipinski definition) is 0. The van der Waals surface area contributed by atoms with Crippen molar-refractivity contribution in [3.8, 4) is 0 Å². The van der Waals surface area contributed by atoms with Crippen molar-refractivity contribution in [1.29, 1.82) is 0 Å². The minimum absolute atomic E-state index is 0.00580. The smallest absolute Gasteiger partial charge is 0.253 e. The zero-order valence-corrected chi connectivity index (χ0v) is 15.1. The van der Waals surface area contributed by atoms with Crippen LogP contribution in [0.2, 0.25) is 5.02 Å². The molecule has 0 aromatic heterocycles. The van der Waals surface area contributed by atoms with E-state index in [9.17, 15) is 14.4 Å². The lowest BCUT2D eigenvalue weighted by Gasteiger charge is -2.31. The van der Waals surface area contributed by atoms with Crippen molar-refractivity contribution < 1.29 is 14.4 Å². The summed E-state index contributed by atoms with van der Waals surface area (Å²) in [6.45, 7) is 1.08. The van der Waals surface area contributed by atoms with Gasteiger partial charge in [-0.05, 0) is 49.2 Å². The number of rotatable bonds is 5. The van der Waals surface area contributed by atoms with E-state index in [1.807, 2.05) is 18.2 Å². The quantitative estimate of drug-likeness (QED) is 0.590. The van der Waals surface area contributed by atoms with Gasteiger partial charge in [0.1, 0.15) is 5.78 Å². The normalized spacial score (nSPS) is 14.9. The fourth-order valence-electron chi connectivity index (χ4n) is 3.21. The van der Waals surface area contributed by atoms with Crippen LogP contribution < -0.4 is 0 Å². The van der Waals surface area contributed by atoms with Gasteiger partial charge in [-0.15, -0.1) is 0 Å². The van der Waals surface area contributed by atoms with Crippen molar-refractivity contribution in [3.63, 3.8) is 0 Å². The number of likely N-dealkylation sites (tertiary alicyclic amines) is 1.